The van der Waals surface area contributed by atoms with Gasteiger partial charge in [-0.15, -0.1) is 0 Å². The number of halogens is 2. The fourth-order valence-corrected chi connectivity index (χ4v) is 4.25. The van der Waals surface area contributed by atoms with Crippen molar-refractivity contribution in [2.75, 3.05) is 0 Å². The fourth-order valence-electron chi connectivity index (χ4n) is 2.69. The molecule has 9 heteroatoms. The Bertz CT molecular complexity index is 905. The van der Waals surface area contributed by atoms with E-state index in [1.54, 1.807) is 0 Å². The molecule has 0 aliphatic heterocycles. The van der Waals surface area contributed by atoms with Crippen molar-refractivity contribution in [2.24, 2.45) is 0 Å². The third-order valence-corrected chi connectivity index (χ3v) is 6.23. The first-order valence-corrected chi connectivity index (χ1v) is 9.68. The van der Waals surface area contributed by atoms with E-state index in [9.17, 15) is 13.2 Å². The van der Waals surface area contributed by atoms with E-state index < -0.39 is 15.6 Å². The average molecular weight is 388 g/mol. The Labute approximate surface area is 149 Å². The van der Waals surface area contributed by atoms with E-state index in [0.29, 0.717) is 5.69 Å². The average Bonchev–Trinajstić information content (AvgIpc) is 3.05. The van der Waals surface area contributed by atoms with Gasteiger partial charge in [-0.1, -0.05) is 36.0 Å². The minimum Gasteiger partial charge on any atom is -0.266 e. The van der Waals surface area contributed by atoms with Gasteiger partial charge in [0.05, 0.1) is 21.8 Å². The highest BCUT2D eigenvalue weighted by atomic mass is 35.5. The molecule has 1 aliphatic rings. The molecule has 1 saturated carbocycles. The lowest BCUT2D eigenvalue weighted by Gasteiger charge is -2.13. The second-order valence-electron chi connectivity index (χ2n) is 5.62. The van der Waals surface area contributed by atoms with Crippen LogP contribution in [0.3, 0.4) is 0 Å². The Morgan fingerprint density at radius 3 is 2.38 bits per heavy atom. The Morgan fingerprint density at radius 1 is 1.12 bits per heavy atom. The SMILES string of the molecule is O=c1c(Cl)c(Cl)cnn1-c1ccc(S(=O)(=O)NC2CCCC2)cc1. The number of hydrogen-bond acceptors (Lipinski definition) is 4. The van der Waals surface area contributed by atoms with Gasteiger partial charge in [-0.25, -0.2) is 13.1 Å². The molecule has 1 heterocycles. The molecule has 1 aromatic heterocycles. The van der Waals surface area contributed by atoms with Crippen LogP contribution in [0, 0.1) is 0 Å². The summed E-state index contributed by atoms with van der Waals surface area (Å²) in [6.07, 6.45) is 5.06. The van der Waals surface area contributed by atoms with Crippen LogP contribution in [0.2, 0.25) is 10.0 Å². The topological polar surface area (TPSA) is 81.1 Å². The molecule has 0 bridgehead atoms. The van der Waals surface area contributed by atoms with E-state index >= 15 is 0 Å². The number of rotatable bonds is 4. The zero-order valence-corrected chi connectivity index (χ0v) is 14.9. The molecular weight excluding hydrogens is 373 g/mol. The molecule has 0 radical (unpaired) electrons. The van der Waals surface area contributed by atoms with Gasteiger partial charge in [-0.3, -0.25) is 4.79 Å². The highest BCUT2D eigenvalue weighted by molar-refractivity contribution is 7.89. The first kappa shape index (κ1) is 17.4. The molecule has 0 spiro atoms. The smallest absolute Gasteiger partial charge is 0.266 e. The van der Waals surface area contributed by atoms with E-state index in [-0.39, 0.29) is 21.0 Å². The van der Waals surface area contributed by atoms with Crippen molar-refractivity contribution < 1.29 is 8.42 Å². The molecule has 1 fully saturated rings. The van der Waals surface area contributed by atoms with Crippen LogP contribution in [-0.2, 0) is 10.0 Å². The summed E-state index contributed by atoms with van der Waals surface area (Å²) in [5.41, 5.74) is -0.165. The summed E-state index contributed by atoms with van der Waals surface area (Å²) in [6.45, 7) is 0. The van der Waals surface area contributed by atoms with Crippen LogP contribution in [0.1, 0.15) is 25.7 Å². The molecule has 3 rings (SSSR count). The highest BCUT2D eigenvalue weighted by Gasteiger charge is 2.23. The van der Waals surface area contributed by atoms with Crippen molar-refractivity contribution in [3.63, 3.8) is 0 Å². The largest absolute Gasteiger partial charge is 0.291 e. The van der Waals surface area contributed by atoms with E-state index in [1.165, 1.54) is 30.5 Å². The third kappa shape index (κ3) is 3.49. The maximum Gasteiger partial charge on any atom is 0.291 e. The molecule has 2 aromatic rings. The second kappa shape index (κ2) is 6.84. The summed E-state index contributed by atoms with van der Waals surface area (Å²) in [6, 6.07) is 5.87. The molecule has 24 heavy (non-hydrogen) atoms. The fraction of sp³-hybridized carbons (Fsp3) is 0.333. The van der Waals surface area contributed by atoms with Crippen molar-refractivity contribution in [3.8, 4) is 5.69 Å². The molecule has 0 amide bonds. The van der Waals surface area contributed by atoms with Crippen LogP contribution in [0.4, 0.5) is 0 Å². The van der Waals surface area contributed by atoms with Gasteiger partial charge < -0.3 is 0 Å². The molecule has 128 valence electrons. The Balaban J connectivity index is 1.88. The number of aromatic nitrogens is 2. The maximum atomic E-state index is 12.4. The lowest BCUT2D eigenvalue weighted by atomic mass is 10.3. The van der Waals surface area contributed by atoms with Crippen LogP contribution in [0.5, 0.6) is 0 Å². The number of nitrogens with one attached hydrogen (secondary N) is 1. The molecular formula is C15H15Cl2N3O3S. The lowest BCUT2D eigenvalue weighted by molar-refractivity contribution is 0.552. The number of benzene rings is 1. The van der Waals surface area contributed by atoms with Crippen LogP contribution >= 0.6 is 23.2 Å². The van der Waals surface area contributed by atoms with Gasteiger partial charge >= 0.3 is 0 Å². The van der Waals surface area contributed by atoms with Crippen molar-refractivity contribution >= 4 is 33.2 Å². The predicted molar refractivity (Wildman–Crippen MR) is 92.4 cm³/mol. The quantitative estimate of drug-likeness (QED) is 0.874. The molecule has 0 unspecified atom stereocenters. The summed E-state index contributed by atoms with van der Waals surface area (Å²) in [5, 5.41) is 3.84. The Morgan fingerprint density at radius 2 is 1.75 bits per heavy atom. The number of sulfonamides is 1. The molecule has 6 nitrogen and oxygen atoms in total. The summed E-state index contributed by atoms with van der Waals surface area (Å²) >= 11 is 11.6. The monoisotopic (exact) mass is 387 g/mol. The van der Waals surface area contributed by atoms with E-state index in [0.717, 1.165) is 30.4 Å². The van der Waals surface area contributed by atoms with Crippen molar-refractivity contribution in [3.05, 3.63) is 50.9 Å². The van der Waals surface area contributed by atoms with Gasteiger partial charge in [-0.2, -0.15) is 9.78 Å². The summed E-state index contributed by atoms with van der Waals surface area (Å²) < 4.78 is 28.5. The number of hydrogen-bond donors (Lipinski definition) is 1. The van der Waals surface area contributed by atoms with Crippen LogP contribution in [-0.4, -0.2) is 24.2 Å². The Hall–Kier alpha value is -1.41. The summed E-state index contributed by atoms with van der Waals surface area (Å²) in [7, 11) is -3.57. The van der Waals surface area contributed by atoms with Gasteiger partial charge in [-0.05, 0) is 37.1 Å². The zero-order chi connectivity index (χ0) is 17.3. The molecule has 1 aromatic carbocycles. The van der Waals surface area contributed by atoms with E-state index in [1.807, 2.05) is 0 Å². The predicted octanol–water partition coefficient (Wildman–Crippen LogP) is 2.76. The first-order valence-electron chi connectivity index (χ1n) is 7.44. The Kier molecular flexibility index (Phi) is 4.96. The highest BCUT2D eigenvalue weighted by Crippen LogP contribution is 2.21. The summed E-state index contributed by atoms with van der Waals surface area (Å²) in [4.78, 5) is 12.2. The van der Waals surface area contributed by atoms with Crippen molar-refractivity contribution in [2.45, 2.75) is 36.6 Å². The zero-order valence-electron chi connectivity index (χ0n) is 12.6. The normalized spacial score (nSPS) is 15.8. The van der Waals surface area contributed by atoms with E-state index in [2.05, 4.69) is 9.82 Å². The standard InChI is InChI=1S/C15H15Cl2N3O3S/c16-13-9-18-20(15(21)14(13)17)11-5-7-12(8-6-11)24(22,23)19-10-3-1-2-4-10/h5-10,19H,1-4H2. The molecule has 0 atom stereocenters. The van der Waals surface area contributed by atoms with Gasteiger partial charge in [0.1, 0.15) is 5.02 Å². The number of nitrogens with zero attached hydrogens (tertiary/aromatic N) is 2. The van der Waals surface area contributed by atoms with Gasteiger partial charge in [0.25, 0.3) is 5.56 Å². The van der Waals surface area contributed by atoms with Crippen molar-refractivity contribution in [1.82, 2.24) is 14.5 Å². The van der Waals surface area contributed by atoms with Crippen LogP contribution in [0.25, 0.3) is 5.69 Å². The second-order valence-corrected chi connectivity index (χ2v) is 8.12. The summed E-state index contributed by atoms with van der Waals surface area (Å²) in [5.74, 6) is 0. The molecule has 1 aliphatic carbocycles. The minimum atomic E-state index is -3.57. The third-order valence-electron chi connectivity index (χ3n) is 3.94. The molecule has 1 N–H and O–H groups in total. The van der Waals surface area contributed by atoms with Gasteiger partial charge in [0, 0.05) is 6.04 Å². The maximum absolute atomic E-state index is 12.4. The first-order chi connectivity index (χ1) is 11.4. The lowest BCUT2D eigenvalue weighted by Crippen LogP contribution is -2.32. The van der Waals surface area contributed by atoms with Gasteiger partial charge in [0.2, 0.25) is 10.0 Å². The van der Waals surface area contributed by atoms with E-state index in [4.69, 9.17) is 23.2 Å². The van der Waals surface area contributed by atoms with Crippen LogP contribution < -0.4 is 10.3 Å². The van der Waals surface area contributed by atoms with Gasteiger partial charge in [0.15, 0.2) is 0 Å². The van der Waals surface area contributed by atoms with Crippen molar-refractivity contribution in [1.29, 1.82) is 0 Å². The molecule has 0 saturated heterocycles. The minimum absolute atomic E-state index is 0.00552. The van der Waals surface area contributed by atoms with Crippen LogP contribution in [0.15, 0.2) is 40.2 Å².